The minimum atomic E-state index is -2.98. The van der Waals surface area contributed by atoms with Gasteiger partial charge in [0, 0.05) is 19.1 Å². The van der Waals surface area contributed by atoms with Crippen LogP contribution in [0.4, 0.5) is 0 Å². The first-order valence-electron chi connectivity index (χ1n) is 6.73. The van der Waals surface area contributed by atoms with Gasteiger partial charge in [0.2, 0.25) is 5.91 Å². The van der Waals surface area contributed by atoms with Crippen LogP contribution >= 0.6 is 0 Å². The first-order valence-corrected chi connectivity index (χ1v) is 8.55. The zero-order valence-electron chi connectivity index (χ0n) is 11.6. The summed E-state index contributed by atoms with van der Waals surface area (Å²) in [5.41, 5.74) is -0.585. The molecule has 2 atom stereocenters. The van der Waals surface area contributed by atoms with Crippen LogP contribution in [0.25, 0.3) is 0 Å². The molecule has 2 aliphatic heterocycles. The molecule has 6 nitrogen and oxygen atoms in total. The number of likely N-dealkylation sites (tertiary alicyclic amines) is 1. The van der Waals surface area contributed by atoms with Crippen molar-refractivity contribution in [2.75, 3.05) is 38.2 Å². The molecule has 0 radical (unpaired) electrons. The number of sulfone groups is 1. The second-order valence-electron chi connectivity index (χ2n) is 5.96. The first kappa shape index (κ1) is 14.7. The van der Waals surface area contributed by atoms with E-state index in [2.05, 4.69) is 15.5 Å². The van der Waals surface area contributed by atoms with E-state index in [1.807, 2.05) is 14.0 Å². The van der Waals surface area contributed by atoms with E-state index in [0.717, 1.165) is 19.5 Å². The molecular weight excluding hydrogens is 266 g/mol. The Kier molecular flexibility index (Phi) is 4.17. The highest BCUT2D eigenvalue weighted by Crippen LogP contribution is 2.22. The predicted molar refractivity (Wildman–Crippen MR) is 73.7 cm³/mol. The molecule has 0 spiro atoms. The Bertz CT molecular complexity index is 451. The first-order chi connectivity index (χ1) is 8.82. The number of nitrogens with one attached hydrogen (secondary N) is 2. The summed E-state index contributed by atoms with van der Waals surface area (Å²) in [4.78, 5) is 14.1. The summed E-state index contributed by atoms with van der Waals surface area (Å²) in [5, 5.41) is 6.10. The van der Waals surface area contributed by atoms with Gasteiger partial charge in [-0.2, -0.15) is 0 Å². The topological polar surface area (TPSA) is 78.5 Å². The van der Waals surface area contributed by atoms with Gasteiger partial charge >= 0.3 is 0 Å². The average molecular weight is 289 g/mol. The third-order valence-electron chi connectivity index (χ3n) is 3.99. The van der Waals surface area contributed by atoms with Crippen LogP contribution in [-0.2, 0) is 14.6 Å². The summed E-state index contributed by atoms with van der Waals surface area (Å²) in [6.07, 6.45) is 1.57. The standard InChI is InChI=1S/C12H23N3O3S/c1-12(4-6-19(17,18)9-12)14-11(16)8-15-5-3-10(7-15)13-2/h10,13H,3-9H2,1-2H3,(H,14,16). The fourth-order valence-electron chi connectivity index (χ4n) is 2.90. The van der Waals surface area contributed by atoms with Crippen molar-refractivity contribution in [1.29, 1.82) is 0 Å². The lowest BCUT2D eigenvalue weighted by atomic mass is 10.0. The van der Waals surface area contributed by atoms with Crippen LogP contribution in [0, 0.1) is 0 Å². The van der Waals surface area contributed by atoms with E-state index in [0.29, 0.717) is 19.0 Å². The van der Waals surface area contributed by atoms with Gasteiger partial charge in [0.05, 0.1) is 23.6 Å². The molecule has 2 aliphatic rings. The molecule has 1 amide bonds. The van der Waals surface area contributed by atoms with Gasteiger partial charge in [0.1, 0.15) is 0 Å². The molecule has 0 aromatic heterocycles. The molecular formula is C12H23N3O3S. The van der Waals surface area contributed by atoms with E-state index in [-0.39, 0.29) is 17.4 Å². The number of nitrogens with zero attached hydrogens (tertiary/aromatic N) is 1. The molecule has 7 heteroatoms. The van der Waals surface area contributed by atoms with E-state index in [1.54, 1.807) is 0 Å². The summed E-state index contributed by atoms with van der Waals surface area (Å²) in [5.74, 6) is 0.163. The highest BCUT2D eigenvalue weighted by Gasteiger charge is 2.39. The number of likely N-dealkylation sites (N-methyl/N-ethyl adjacent to an activating group) is 1. The van der Waals surface area contributed by atoms with Crippen LogP contribution in [0.3, 0.4) is 0 Å². The fraction of sp³-hybridized carbons (Fsp3) is 0.917. The summed E-state index contributed by atoms with van der Waals surface area (Å²) in [6.45, 7) is 3.95. The predicted octanol–water partition coefficient (Wildman–Crippen LogP) is -1.03. The number of amides is 1. The van der Waals surface area contributed by atoms with Crippen molar-refractivity contribution in [2.45, 2.75) is 31.3 Å². The molecule has 0 aromatic rings. The van der Waals surface area contributed by atoms with Gasteiger partial charge in [-0.1, -0.05) is 0 Å². The minimum absolute atomic E-state index is 0.0604. The molecule has 110 valence electrons. The van der Waals surface area contributed by atoms with Gasteiger partial charge in [0.25, 0.3) is 0 Å². The van der Waals surface area contributed by atoms with Crippen molar-refractivity contribution in [2.24, 2.45) is 0 Å². The summed E-state index contributed by atoms with van der Waals surface area (Å²) >= 11 is 0. The van der Waals surface area contributed by atoms with Crippen LogP contribution < -0.4 is 10.6 Å². The smallest absolute Gasteiger partial charge is 0.234 e. The Labute approximate surface area is 114 Å². The Morgan fingerprint density at radius 1 is 1.47 bits per heavy atom. The van der Waals surface area contributed by atoms with Crippen molar-refractivity contribution in [3.63, 3.8) is 0 Å². The maximum Gasteiger partial charge on any atom is 0.234 e. The van der Waals surface area contributed by atoms with Gasteiger partial charge in [-0.05, 0) is 26.8 Å². The zero-order valence-corrected chi connectivity index (χ0v) is 12.4. The Balaban J connectivity index is 1.82. The van der Waals surface area contributed by atoms with Gasteiger partial charge in [-0.25, -0.2) is 8.42 Å². The number of carbonyl (C=O) groups excluding carboxylic acids is 1. The molecule has 2 fully saturated rings. The van der Waals surface area contributed by atoms with Crippen molar-refractivity contribution in [3.05, 3.63) is 0 Å². The van der Waals surface area contributed by atoms with Crippen LogP contribution in [-0.4, -0.2) is 69.0 Å². The molecule has 0 aromatic carbocycles. The van der Waals surface area contributed by atoms with Crippen LogP contribution in [0.5, 0.6) is 0 Å². The third kappa shape index (κ3) is 3.90. The van der Waals surface area contributed by atoms with Gasteiger partial charge in [0.15, 0.2) is 9.84 Å². The quantitative estimate of drug-likeness (QED) is 0.692. The Hall–Kier alpha value is -0.660. The highest BCUT2D eigenvalue weighted by molar-refractivity contribution is 7.91. The van der Waals surface area contributed by atoms with E-state index in [1.165, 1.54) is 0 Å². The van der Waals surface area contributed by atoms with E-state index in [9.17, 15) is 13.2 Å². The lowest BCUT2D eigenvalue weighted by Gasteiger charge is -2.25. The second-order valence-corrected chi connectivity index (χ2v) is 8.14. The zero-order chi connectivity index (χ0) is 14.1. The van der Waals surface area contributed by atoms with Crippen molar-refractivity contribution in [1.82, 2.24) is 15.5 Å². The largest absolute Gasteiger partial charge is 0.349 e. The summed E-state index contributed by atoms with van der Waals surface area (Å²) in [6, 6.07) is 0.454. The van der Waals surface area contributed by atoms with Crippen LogP contribution in [0.2, 0.25) is 0 Å². The number of rotatable bonds is 4. The molecule has 0 saturated carbocycles. The summed E-state index contributed by atoms with van der Waals surface area (Å²) < 4.78 is 23.0. The normalized spacial score (nSPS) is 34.5. The molecule has 2 saturated heterocycles. The Morgan fingerprint density at radius 2 is 2.21 bits per heavy atom. The highest BCUT2D eigenvalue weighted by atomic mass is 32.2. The number of hydrogen-bond donors (Lipinski definition) is 2. The van der Waals surface area contributed by atoms with Crippen LogP contribution in [0.1, 0.15) is 19.8 Å². The number of hydrogen-bond acceptors (Lipinski definition) is 5. The molecule has 2 rings (SSSR count). The maximum atomic E-state index is 12.0. The van der Waals surface area contributed by atoms with E-state index < -0.39 is 15.4 Å². The Morgan fingerprint density at radius 3 is 2.74 bits per heavy atom. The van der Waals surface area contributed by atoms with E-state index >= 15 is 0 Å². The van der Waals surface area contributed by atoms with Gasteiger partial charge < -0.3 is 10.6 Å². The average Bonchev–Trinajstić information content (AvgIpc) is 2.83. The molecule has 0 bridgehead atoms. The summed E-state index contributed by atoms with van der Waals surface area (Å²) in [7, 11) is -1.05. The monoisotopic (exact) mass is 289 g/mol. The van der Waals surface area contributed by atoms with Crippen LogP contribution in [0.15, 0.2) is 0 Å². The second kappa shape index (κ2) is 5.38. The molecule has 2 heterocycles. The minimum Gasteiger partial charge on any atom is -0.349 e. The molecule has 19 heavy (non-hydrogen) atoms. The molecule has 2 N–H and O–H groups in total. The lowest BCUT2D eigenvalue weighted by molar-refractivity contribution is -0.123. The number of carbonyl (C=O) groups is 1. The molecule has 2 unspecified atom stereocenters. The van der Waals surface area contributed by atoms with Gasteiger partial charge in [-0.15, -0.1) is 0 Å². The van der Waals surface area contributed by atoms with E-state index in [4.69, 9.17) is 0 Å². The lowest BCUT2D eigenvalue weighted by Crippen LogP contribution is -2.50. The fourth-order valence-corrected chi connectivity index (χ4v) is 4.99. The van der Waals surface area contributed by atoms with Crippen molar-refractivity contribution < 1.29 is 13.2 Å². The third-order valence-corrected chi connectivity index (χ3v) is 5.90. The van der Waals surface area contributed by atoms with Crippen molar-refractivity contribution >= 4 is 15.7 Å². The molecule has 0 aliphatic carbocycles. The van der Waals surface area contributed by atoms with Gasteiger partial charge in [-0.3, -0.25) is 9.69 Å². The van der Waals surface area contributed by atoms with Crippen molar-refractivity contribution in [3.8, 4) is 0 Å². The SMILES string of the molecule is CNC1CCN(CC(=O)NC2(C)CCS(=O)(=O)C2)C1. The maximum absolute atomic E-state index is 12.0.